The number of carbonyl (C=O) groups is 2. The van der Waals surface area contributed by atoms with E-state index < -0.39 is 0 Å². The largest absolute Gasteiger partial charge is 0.469 e. The summed E-state index contributed by atoms with van der Waals surface area (Å²) in [6, 6.07) is 11.4. The predicted octanol–water partition coefficient (Wildman–Crippen LogP) is 2.72. The lowest BCUT2D eigenvalue weighted by Crippen LogP contribution is -2.23. The van der Waals surface area contributed by atoms with Crippen LogP contribution in [0.25, 0.3) is 10.9 Å². The van der Waals surface area contributed by atoms with Crippen molar-refractivity contribution in [1.82, 2.24) is 9.88 Å². The fourth-order valence-corrected chi connectivity index (χ4v) is 3.17. The van der Waals surface area contributed by atoms with Gasteiger partial charge >= 0.3 is 0 Å². The van der Waals surface area contributed by atoms with Crippen molar-refractivity contribution in [3.63, 3.8) is 0 Å². The van der Waals surface area contributed by atoms with Crippen molar-refractivity contribution in [3.8, 4) is 0 Å². The van der Waals surface area contributed by atoms with Crippen LogP contribution in [0.1, 0.15) is 18.1 Å². The number of nitrogens with one attached hydrogen (secondary N) is 2. The Hall–Kier alpha value is -3.02. The van der Waals surface area contributed by atoms with Crippen LogP contribution in [-0.4, -0.2) is 23.4 Å². The number of furan rings is 1. The van der Waals surface area contributed by atoms with Crippen LogP contribution < -0.4 is 10.6 Å². The lowest BCUT2D eigenvalue weighted by molar-refractivity contribution is -0.121. The Morgan fingerprint density at radius 3 is 2.92 bits per heavy atom. The van der Waals surface area contributed by atoms with Crippen molar-refractivity contribution < 1.29 is 14.0 Å². The zero-order valence-corrected chi connectivity index (χ0v) is 13.9. The molecule has 0 radical (unpaired) electrons. The summed E-state index contributed by atoms with van der Waals surface area (Å²) in [6.07, 6.45) is 4.32. The van der Waals surface area contributed by atoms with Gasteiger partial charge in [-0.2, -0.15) is 0 Å². The number of anilines is 1. The molecular formula is C19H19N3O3. The molecule has 2 unspecified atom stereocenters. The van der Waals surface area contributed by atoms with Crippen molar-refractivity contribution in [2.24, 2.45) is 5.92 Å². The van der Waals surface area contributed by atoms with Crippen LogP contribution in [0, 0.1) is 5.92 Å². The maximum Gasteiger partial charge on any atom is 0.239 e. The van der Waals surface area contributed by atoms with Crippen LogP contribution >= 0.6 is 0 Å². The van der Waals surface area contributed by atoms with Crippen LogP contribution in [0.15, 0.2) is 53.3 Å². The number of aromatic nitrogens is 1. The van der Waals surface area contributed by atoms with Gasteiger partial charge in [-0.15, -0.1) is 0 Å². The number of hydrogen-bond acceptors (Lipinski definition) is 3. The van der Waals surface area contributed by atoms with Gasteiger partial charge in [0.25, 0.3) is 0 Å². The van der Waals surface area contributed by atoms with Crippen molar-refractivity contribution >= 4 is 28.4 Å². The standard InChI is InChI=1S/C19H19N3O3/c1-20-18(23)11-22-7-6-12-4-5-13(9-16(12)22)21-19(24)15-10-14(15)17-3-2-8-25-17/h2-9,14-15H,10-11H2,1H3,(H,20,23)(H,21,24). The Labute approximate surface area is 144 Å². The number of nitrogens with zero attached hydrogens (tertiary/aromatic N) is 1. The lowest BCUT2D eigenvalue weighted by atomic mass is 10.2. The third-order valence-corrected chi connectivity index (χ3v) is 4.67. The second-order valence-corrected chi connectivity index (χ2v) is 6.34. The van der Waals surface area contributed by atoms with Crippen LogP contribution in [0.2, 0.25) is 0 Å². The molecule has 6 heteroatoms. The molecule has 2 heterocycles. The Kier molecular flexibility index (Phi) is 3.80. The molecule has 2 amide bonds. The molecule has 0 saturated heterocycles. The quantitative estimate of drug-likeness (QED) is 0.751. The molecule has 6 nitrogen and oxygen atoms in total. The van der Waals surface area contributed by atoms with Gasteiger partial charge in [-0.1, -0.05) is 6.07 Å². The molecule has 2 N–H and O–H groups in total. The maximum atomic E-state index is 12.4. The Morgan fingerprint density at radius 2 is 2.16 bits per heavy atom. The molecule has 25 heavy (non-hydrogen) atoms. The van der Waals surface area contributed by atoms with E-state index >= 15 is 0 Å². The van der Waals surface area contributed by atoms with Gasteiger partial charge in [0.2, 0.25) is 11.8 Å². The van der Waals surface area contributed by atoms with Crippen molar-refractivity contribution in [3.05, 3.63) is 54.6 Å². The van der Waals surface area contributed by atoms with Crippen LogP contribution in [0.4, 0.5) is 5.69 Å². The molecule has 1 aromatic carbocycles. The smallest absolute Gasteiger partial charge is 0.239 e. The Bertz CT molecular complexity index is 927. The molecule has 0 bridgehead atoms. The molecule has 0 aliphatic heterocycles. The highest BCUT2D eigenvalue weighted by atomic mass is 16.3. The average molecular weight is 337 g/mol. The molecular weight excluding hydrogens is 318 g/mol. The summed E-state index contributed by atoms with van der Waals surface area (Å²) in [4.78, 5) is 24.1. The minimum absolute atomic E-state index is 0.00478. The average Bonchev–Trinajstić information content (AvgIpc) is 3.05. The highest BCUT2D eigenvalue weighted by Crippen LogP contribution is 2.48. The monoisotopic (exact) mass is 337 g/mol. The molecule has 1 saturated carbocycles. The number of fused-ring (bicyclic) bond motifs is 1. The van der Waals surface area contributed by atoms with Gasteiger partial charge in [0, 0.05) is 30.8 Å². The van der Waals surface area contributed by atoms with Gasteiger partial charge in [0.15, 0.2) is 0 Å². The van der Waals surface area contributed by atoms with Gasteiger partial charge in [-0.05, 0) is 42.1 Å². The fraction of sp³-hybridized carbons (Fsp3) is 0.263. The summed E-state index contributed by atoms with van der Waals surface area (Å²) < 4.78 is 7.25. The number of amides is 2. The van der Waals surface area contributed by atoms with Crippen LogP contribution in [-0.2, 0) is 16.1 Å². The first kappa shape index (κ1) is 15.5. The van der Waals surface area contributed by atoms with Crippen LogP contribution in [0.5, 0.6) is 0 Å². The topological polar surface area (TPSA) is 76.3 Å². The first-order valence-corrected chi connectivity index (χ1v) is 8.29. The lowest BCUT2D eigenvalue weighted by Gasteiger charge is -2.08. The van der Waals surface area contributed by atoms with E-state index in [1.165, 1.54) is 0 Å². The molecule has 4 rings (SSSR count). The van der Waals surface area contributed by atoms with E-state index in [9.17, 15) is 9.59 Å². The van der Waals surface area contributed by atoms with Gasteiger partial charge in [0.05, 0.1) is 11.8 Å². The summed E-state index contributed by atoms with van der Waals surface area (Å²) in [5.41, 5.74) is 1.65. The summed E-state index contributed by atoms with van der Waals surface area (Å²) in [5, 5.41) is 6.62. The minimum atomic E-state index is -0.0637. The maximum absolute atomic E-state index is 12.4. The zero-order valence-electron chi connectivity index (χ0n) is 13.9. The van der Waals surface area contributed by atoms with Gasteiger partial charge in [0.1, 0.15) is 12.3 Å². The number of benzene rings is 1. The normalized spacial score (nSPS) is 18.9. The van der Waals surface area contributed by atoms with Gasteiger partial charge < -0.3 is 19.6 Å². The van der Waals surface area contributed by atoms with Crippen molar-refractivity contribution in [2.45, 2.75) is 18.9 Å². The Balaban J connectivity index is 1.49. The zero-order chi connectivity index (χ0) is 17.4. The second kappa shape index (κ2) is 6.12. The molecule has 3 aromatic rings. The number of hydrogen-bond donors (Lipinski definition) is 2. The summed E-state index contributed by atoms with van der Waals surface area (Å²) >= 11 is 0. The third-order valence-electron chi connectivity index (χ3n) is 4.67. The summed E-state index contributed by atoms with van der Waals surface area (Å²) in [7, 11) is 1.62. The van der Waals surface area contributed by atoms with E-state index in [-0.39, 0.29) is 30.2 Å². The van der Waals surface area contributed by atoms with Gasteiger partial charge in [-0.25, -0.2) is 0 Å². The Morgan fingerprint density at radius 1 is 1.28 bits per heavy atom. The second-order valence-electron chi connectivity index (χ2n) is 6.34. The summed E-state index contributed by atoms with van der Waals surface area (Å²) in [6.45, 7) is 0.251. The molecule has 1 aliphatic rings. The van der Waals surface area contributed by atoms with Gasteiger partial charge in [-0.3, -0.25) is 9.59 Å². The number of likely N-dealkylation sites (N-methyl/N-ethyl adjacent to an activating group) is 1. The van der Waals surface area contributed by atoms with E-state index in [2.05, 4.69) is 10.6 Å². The molecule has 128 valence electrons. The molecule has 2 atom stereocenters. The first-order valence-electron chi connectivity index (χ1n) is 8.29. The number of rotatable bonds is 5. The molecule has 0 spiro atoms. The van der Waals surface area contributed by atoms with E-state index in [0.29, 0.717) is 0 Å². The first-order chi connectivity index (χ1) is 12.2. The molecule has 1 fully saturated rings. The molecule has 2 aromatic heterocycles. The summed E-state index contributed by atoms with van der Waals surface area (Å²) in [5.74, 6) is 0.946. The van der Waals surface area contributed by atoms with Crippen molar-refractivity contribution in [2.75, 3.05) is 12.4 Å². The SMILES string of the molecule is CNC(=O)Cn1ccc2ccc(NC(=O)C3CC3c3ccco3)cc21. The molecule has 1 aliphatic carbocycles. The highest BCUT2D eigenvalue weighted by molar-refractivity contribution is 5.97. The van der Waals surface area contributed by atoms with Crippen molar-refractivity contribution in [1.29, 1.82) is 0 Å². The van der Waals surface area contributed by atoms with E-state index in [1.807, 2.05) is 47.2 Å². The fourth-order valence-electron chi connectivity index (χ4n) is 3.17. The number of carbonyl (C=O) groups excluding carboxylic acids is 2. The predicted molar refractivity (Wildman–Crippen MR) is 94.2 cm³/mol. The third kappa shape index (κ3) is 3.03. The van der Waals surface area contributed by atoms with E-state index in [4.69, 9.17) is 4.42 Å². The van der Waals surface area contributed by atoms with E-state index in [1.54, 1.807) is 13.3 Å². The van der Waals surface area contributed by atoms with Crippen LogP contribution in [0.3, 0.4) is 0 Å². The highest BCUT2D eigenvalue weighted by Gasteiger charge is 2.45. The van der Waals surface area contributed by atoms with E-state index in [0.717, 1.165) is 28.8 Å². The minimum Gasteiger partial charge on any atom is -0.469 e.